The molecule has 5 heteroatoms. The summed E-state index contributed by atoms with van der Waals surface area (Å²) in [5, 5.41) is 3.23. The molecule has 4 nitrogen and oxygen atoms in total. The molecule has 0 radical (unpaired) electrons. The van der Waals surface area contributed by atoms with Crippen LogP contribution in [0.4, 0.5) is 4.79 Å². The van der Waals surface area contributed by atoms with E-state index >= 15 is 0 Å². The minimum atomic E-state index is -0.404. The Kier molecular flexibility index (Phi) is 4.00. The Hall–Kier alpha value is -0.0400. The van der Waals surface area contributed by atoms with Crippen molar-refractivity contribution < 1.29 is 9.53 Å². The second-order valence-corrected chi connectivity index (χ2v) is 5.75. The molecule has 1 atom stereocenters. The zero-order valence-electron chi connectivity index (χ0n) is 8.84. The number of carbonyl (C=O) groups is 1. The van der Waals surface area contributed by atoms with Gasteiger partial charge in [0.25, 0.3) is 0 Å². The number of amides is 1. The van der Waals surface area contributed by atoms with E-state index in [-0.39, 0.29) is 10.1 Å². The summed E-state index contributed by atoms with van der Waals surface area (Å²) in [4.78, 5) is 13.5. The van der Waals surface area contributed by atoms with Gasteiger partial charge in [-0.1, -0.05) is 22.6 Å². The minimum Gasteiger partial charge on any atom is -0.444 e. The van der Waals surface area contributed by atoms with Gasteiger partial charge in [-0.2, -0.15) is 0 Å². The molecule has 0 bridgehead atoms. The number of carbonyl (C=O) groups excluding carboxylic acids is 1. The minimum absolute atomic E-state index is 0.191. The van der Waals surface area contributed by atoms with Gasteiger partial charge in [-0.25, -0.2) is 4.79 Å². The van der Waals surface area contributed by atoms with E-state index in [1.807, 2.05) is 20.8 Å². The maximum absolute atomic E-state index is 11.7. The molecule has 0 aliphatic carbocycles. The maximum Gasteiger partial charge on any atom is 0.411 e. The quantitative estimate of drug-likeness (QED) is 0.420. The first-order valence-electron chi connectivity index (χ1n) is 4.74. The van der Waals surface area contributed by atoms with E-state index < -0.39 is 5.60 Å². The fourth-order valence-electron chi connectivity index (χ4n) is 1.20. The lowest BCUT2D eigenvalue weighted by Crippen LogP contribution is -2.52. The van der Waals surface area contributed by atoms with E-state index in [4.69, 9.17) is 4.74 Å². The Morgan fingerprint density at radius 1 is 1.57 bits per heavy atom. The van der Waals surface area contributed by atoms with Gasteiger partial charge >= 0.3 is 6.09 Å². The molecule has 0 aromatic rings. The molecule has 1 saturated heterocycles. The van der Waals surface area contributed by atoms with Crippen molar-refractivity contribution in [2.75, 3.05) is 19.6 Å². The van der Waals surface area contributed by atoms with Gasteiger partial charge in [-0.3, -0.25) is 4.90 Å². The van der Waals surface area contributed by atoms with Gasteiger partial charge in [0.05, 0.1) is 4.05 Å². The van der Waals surface area contributed by atoms with Crippen LogP contribution < -0.4 is 5.32 Å². The van der Waals surface area contributed by atoms with Gasteiger partial charge in [0, 0.05) is 19.6 Å². The van der Waals surface area contributed by atoms with Crippen LogP contribution >= 0.6 is 22.6 Å². The lowest BCUT2D eigenvalue weighted by Gasteiger charge is -2.34. The third-order valence-electron chi connectivity index (χ3n) is 1.81. The SMILES string of the molecule is CC(C)(C)OC(=O)N1CCNCC1I. The van der Waals surface area contributed by atoms with Crippen molar-refractivity contribution in [3.63, 3.8) is 0 Å². The second-order valence-electron chi connectivity index (χ2n) is 4.31. The summed E-state index contributed by atoms with van der Waals surface area (Å²) in [6.45, 7) is 8.06. The summed E-state index contributed by atoms with van der Waals surface area (Å²) >= 11 is 2.25. The van der Waals surface area contributed by atoms with E-state index in [1.54, 1.807) is 4.90 Å². The number of nitrogens with one attached hydrogen (secondary N) is 1. The van der Waals surface area contributed by atoms with Crippen LogP contribution in [0.1, 0.15) is 20.8 Å². The molecule has 1 N–H and O–H groups in total. The molecule has 0 aromatic carbocycles. The summed E-state index contributed by atoms with van der Waals surface area (Å²) in [6.07, 6.45) is -0.210. The summed E-state index contributed by atoms with van der Waals surface area (Å²) < 4.78 is 5.49. The third-order valence-corrected chi connectivity index (χ3v) is 2.92. The largest absolute Gasteiger partial charge is 0.444 e. The van der Waals surface area contributed by atoms with E-state index in [0.29, 0.717) is 0 Å². The maximum atomic E-state index is 11.7. The number of halogens is 1. The summed E-state index contributed by atoms with van der Waals surface area (Å²) in [6, 6.07) is 0. The normalized spacial score (nSPS) is 23.4. The number of hydrogen-bond donors (Lipinski definition) is 1. The van der Waals surface area contributed by atoms with Crippen LogP contribution in [-0.4, -0.2) is 40.3 Å². The Morgan fingerprint density at radius 2 is 2.21 bits per heavy atom. The van der Waals surface area contributed by atoms with E-state index in [1.165, 1.54) is 0 Å². The van der Waals surface area contributed by atoms with Crippen molar-refractivity contribution in [3.05, 3.63) is 0 Å². The molecule has 1 aliphatic rings. The van der Waals surface area contributed by atoms with Crippen LogP contribution in [0.5, 0.6) is 0 Å². The Balaban J connectivity index is 2.50. The van der Waals surface area contributed by atoms with E-state index in [0.717, 1.165) is 19.6 Å². The van der Waals surface area contributed by atoms with Crippen molar-refractivity contribution in [3.8, 4) is 0 Å². The lowest BCUT2D eigenvalue weighted by atomic mass is 10.2. The predicted molar refractivity (Wildman–Crippen MR) is 63.6 cm³/mol. The van der Waals surface area contributed by atoms with Crippen LogP contribution in [0.2, 0.25) is 0 Å². The number of ether oxygens (including phenoxy) is 1. The highest BCUT2D eigenvalue weighted by Gasteiger charge is 2.28. The first-order chi connectivity index (χ1) is 6.40. The molecule has 82 valence electrons. The van der Waals surface area contributed by atoms with Crippen LogP contribution in [0.15, 0.2) is 0 Å². The number of piperazine rings is 1. The van der Waals surface area contributed by atoms with Crippen molar-refractivity contribution in [1.82, 2.24) is 10.2 Å². The molecule has 1 aliphatic heterocycles. The number of alkyl halides is 1. The van der Waals surface area contributed by atoms with E-state index in [9.17, 15) is 4.79 Å². The number of hydrogen-bond acceptors (Lipinski definition) is 3. The summed E-state index contributed by atoms with van der Waals surface area (Å²) in [5.41, 5.74) is -0.404. The summed E-state index contributed by atoms with van der Waals surface area (Å²) in [5.74, 6) is 0. The third kappa shape index (κ3) is 3.61. The van der Waals surface area contributed by atoms with Crippen molar-refractivity contribution in [2.24, 2.45) is 0 Å². The topological polar surface area (TPSA) is 41.6 Å². The number of nitrogens with zero attached hydrogens (tertiary/aromatic N) is 1. The monoisotopic (exact) mass is 312 g/mol. The molecule has 1 rings (SSSR count). The molecular weight excluding hydrogens is 295 g/mol. The van der Waals surface area contributed by atoms with Crippen molar-refractivity contribution in [2.45, 2.75) is 30.4 Å². The summed E-state index contributed by atoms with van der Waals surface area (Å²) in [7, 11) is 0. The van der Waals surface area contributed by atoms with Crippen LogP contribution in [0, 0.1) is 0 Å². The lowest BCUT2D eigenvalue weighted by molar-refractivity contribution is 0.0214. The molecule has 1 heterocycles. The highest BCUT2D eigenvalue weighted by molar-refractivity contribution is 14.1. The van der Waals surface area contributed by atoms with Gasteiger partial charge in [-0.15, -0.1) is 0 Å². The van der Waals surface area contributed by atoms with Crippen molar-refractivity contribution in [1.29, 1.82) is 0 Å². The number of rotatable bonds is 0. The highest BCUT2D eigenvalue weighted by atomic mass is 127. The first kappa shape index (κ1) is 12.0. The first-order valence-corrected chi connectivity index (χ1v) is 5.99. The Labute approximate surface area is 98.5 Å². The van der Waals surface area contributed by atoms with Gasteiger partial charge in [0.1, 0.15) is 5.60 Å². The van der Waals surface area contributed by atoms with Crippen LogP contribution in [0.25, 0.3) is 0 Å². The zero-order chi connectivity index (χ0) is 10.8. The van der Waals surface area contributed by atoms with Gasteiger partial charge in [-0.05, 0) is 20.8 Å². The molecule has 1 unspecified atom stereocenters. The van der Waals surface area contributed by atoms with Gasteiger partial charge < -0.3 is 10.1 Å². The Morgan fingerprint density at radius 3 is 2.71 bits per heavy atom. The highest BCUT2D eigenvalue weighted by Crippen LogP contribution is 2.16. The predicted octanol–water partition coefficient (Wildman–Crippen LogP) is 1.59. The average Bonchev–Trinajstić information content (AvgIpc) is 2.01. The fourth-order valence-corrected chi connectivity index (χ4v) is 2.01. The second kappa shape index (κ2) is 4.65. The molecular formula is C9H17IN2O2. The average molecular weight is 312 g/mol. The van der Waals surface area contributed by atoms with Gasteiger partial charge in [0.2, 0.25) is 0 Å². The zero-order valence-corrected chi connectivity index (χ0v) is 11.0. The van der Waals surface area contributed by atoms with Crippen LogP contribution in [-0.2, 0) is 4.74 Å². The molecule has 0 spiro atoms. The fraction of sp³-hybridized carbons (Fsp3) is 0.889. The standard InChI is InChI=1S/C9H17IN2O2/c1-9(2,3)14-8(13)12-5-4-11-6-7(12)10/h7,11H,4-6H2,1-3H3. The smallest absolute Gasteiger partial charge is 0.411 e. The molecule has 14 heavy (non-hydrogen) atoms. The molecule has 0 aromatic heterocycles. The molecule has 1 fully saturated rings. The molecule has 1 amide bonds. The van der Waals surface area contributed by atoms with Crippen molar-refractivity contribution >= 4 is 28.7 Å². The van der Waals surface area contributed by atoms with E-state index in [2.05, 4.69) is 27.9 Å². The molecule has 0 saturated carbocycles. The van der Waals surface area contributed by atoms with Gasteiger partial charge in [0.15, 0.2) is 0 Å². The Bertz CT molecular complexity index is 215. The van der Waals surface area contributed by atoms with Crippen LogP contribution in [0.3, 0.4) is 0 Å².